The molecule has 1 aromatic heterocycles. The number of likely N-dealkylation sites (tertiary alicyclic amines) is 1. The molecule has 0 saturated carbocycles. The van der Waals surface area contributed by atoms with Crippen LogP contribution in [0.15, 0.2) is 47.0 Å². The van der Waals surface area contributed by atoms with Crippen molar-refractivity contribution >= 4 is 5.91 Å². The van der Waals surface area contributed by atoms with Crippen LogP contribution in [0.3, 0.4) is 0 Å². The summed E-state index contributed by atoms with van der Waals surface area (Å²) >= 11 is 0. The Hall–Kier alpha value is -3.63. The van der Waals surface area contributed by atoms with E-state index in [2.05, 4.69) is 23.4 Å². The zero-order valence-electron chi connectivity index (χ0n) is 20.1. The van der Waals surface area contributed by atoms with Gasteiger partial charge in [-0.05, 0) is 62.4 Å². The molecule has 0 unspecified atom stereocenters. The number of hydrogen-bond acceptors (Lipinski definition) is 6. The summed E-state index contributed by atoms with van der Waals surface area (Å²) in [5.74, 6) is 1.27. The van der Waals surface area contributed by atoms with Gasteiger partial charge in [0.25, 0.3) is 0 Å². The molecule has 1 atom stereocenters. The maximum Gasteiger partial charge on any atom is 0.222 e. The summed E-state index contributed by atoms with van der Waals surface area (Å²) in [6, 6.07) is 15.8. The number of benzene rings is 2. The first-order chi connectivity index (χ1) is 16.9. The van der Waals surface area contributed by atoms with Crippen LogP contribution < -0.4 is 4.74 Å². The second-order valence-electron chi connectivity index (χ2n) is 9.72. The molecule has 180 valence electrons. The van der Waals surface area contributed by atoms with Crippen molar-refractivity contribution in [3.05, 3.63) is 59.2 Å². The Labute approximate surface area is 204 Å². The van der Waals surface area contributed by atoms with Gasteiger partial charge in [-0.1, -0.05) is 23.4 Å². The SMILES string of the molecule is CC(C)Oc1ccc(-c2cc(-c3cccc4c3CC[C@]43CCC(=O)N(CCO)C3)no2)cc1C#N. The molecule has 1 amide bonds. The number of rotatable bonds is 6. The summed E-state index contributed by atoms with van der Waals surface area (Å²) in [4.78, 5) is 14.2. The molecule has 0 radical (unpaired) electrons. The van der Waals surface area contributed by atoms with Gasteiger partial charge in [-0.2, -0.15) is 5.26 Å². The second-order valence-corrected chi connectivity index (χ2v) is 9.72. The highest BCUT2D eigenvalue weighted by atomic mass is 16.5. The summed E-state index contributed by atoms with van der Waals surface area (Å²) in [5, 5.41) is 23.3. The lowest BCUT2D eigenvalue weighted by Crippen LogP contribution is -2.48. The Morgan fingerprint density at radius 2 is 2.06 bits per heavy atom. The van der Waals surface area contributed by atoms with Crippen molar-refractivity contribution in [3.8, 4) is 34.4 Å². The molecule has 5 rings (SSSR count). The van der Waals surface area contributed by atoms with Gasteiger partial charge in [0.1, 0.15) is 17.5 Å². The first kappa shape index (κ1) is 23.1. The number of aromatic nitrogens is 1. The maximum absolute atomic E-state index is 12.3. The van der Waals surface area contributed by atoms with Crippen molar-refractivity contribution in [1.82, 2.24) is 10.1 Å². The number of amides is 1. The quantitative estimate of drug-likeness (QED) is 0.570. The van der Waals surface area contributed by atoms with Gasteiger partial charge >= 0.3 is 0 Å². The van der Waals surface area contributed by atoms with Crippen molar-refractivity contribution in [2.75, 3.05) is 19.7 Å². The Morgan fingerprint density at radius 1 is 1.23 bits per heavy atom. The van der Waals surface area contributed by atoms with Crippen LogP contribution in [0.1, 0.15) is 49.8 Å². The molecule has 1 aliphatic heterocycles. The first-order valence-electron chi connectivity index (χ1n) is 12.1. The second kappa shape index (κ2) is 9.20. The fraction of sp³-hybridized carbons (Fsp3) is 0.393. The highest BCUT2D eigenvalue weighted by Gasteiger charge is 2.44. The van der Waals surface area contributed by atoms with Gasteiger partial charge in [0.2, 0.25) is 5.91 Å². The summed E-state index contributed by atoms with van der Waals surface area (Å²) in [5.41, 5.74) is 5.48. The average Bonchev–Trinajstić information content (AvgIpc) is 3.48. The van der Waals surface area contributed by atoms with Gasteiger partial charge in [-0.3, -0.25) is 4.79 Å². The predicted molar refractivity (Wildman–Crippen MR) is 131 cm³/mol. The Morgan fingerprint density at radius 3 is 2.83 bits per heavy atom. The molecule has 2 aromatic carbocycles. The minimum Gasteiger partial charge on any atom is -0.490 e. The van der Waals surface area contributed by atoms with E-state index in [9.17, 15) is 15.2 Å². The van der Waals surface area contributed by atoms with E-state index < -0.39 is 0 Å². The monoisotopic (exact) mass is 471 g/mol. The van der Waals surface area contributed by atoms with Crippen LogP contribution in [0, 0.1) is 11.3 Å². The zero-order valence-corrected chi connectivity index (χ0v) is 20.1. The zero-order chi connectivity index (χ0) is 24.6. The lowest BCUT2D eigenvalue weighted by atomic mass is 9.74. The Balaban J connectivity index is 1.46. The number of aliphatic hydroxyl groups is 1. The van der Waals surface area contributed by atoms with E-state index in [4.69, 9.17) is 9.26 Å². The van der Waals surface area contributed by atoms with Crippen LogP contribution in [0.4, 0.5) is 0 Å². The molecular weight excluding hydrogens is 442 g/mol. The average molecular weight is 472 g/mol. The third-order valence-electron chi connectivity index (χ3n) is 7.17. The van der Waals surface area contributed by atoms with E-state index in [1.54, 1.807) is 17.0 Å². The minimum absolute atomic E-state index is 0.0193. The lowest BCUT2D eigenvalue weighted by Gasteiger charge is -2.41. The van der Waals surface area contributed by atoms with E-state index in [0.29, 0.717) is 36.6 Å². The van der Waals surface area contributed by atoms with Crippen molar-refractivity contribution in [1.29, 1.82) is 5.26 Å². The highest BCUT2D eigenvalue weighted by molar-refractivity contribution is 5.78. The smallest absolute Gasteiger partial charge is 0.222 e. The van der Waals surface area contributed by atoms with Crippen LogP contribution in [0.25, 0.3) is 22.6 Å². The number of hydrogen-bond donors (Lipinski definition) is 1. The number of carbonyl (C=O) groups is 1. The van der Waals surface area contributed by atoms with Gasteiger partial charge in [0, 0.05) is 42.1 Å². The molecule has 1 N–H and O–H groups in total. The highest BCUT2D eigenvalue weighted by Crippen LogP contribution is 2.48. The summed E-state index contributed by atoms with van der Waals surface area (Å²) in [6.07, 6.45) is 3.20. The van der Waals surface area contributed by atoms with E-state index >= 15 is 0 Å². The standard InChI is InChI=1S/C28H29N3O4/c1-18(2)34-25-7-6-19(14-20(25)16-29)26-15-24(30-35-26)22-4-3-5-23-21(22)8-10-28(23)11-9-27(33)31(17-28)12-13-32/h3-7,14-15,18,32H,8-13,17H2,1-2H3/t28-/m1/s1. The van der Waals surface area contributed by atoms with Crippen LogP contribution in [-0.2, 0) is 16.6 Å². The van der Waals surface area contributed by atoms with Gasteiger partial charge in [-0.25, -0.2) is 0 Å². The topological polar surface area (TPSA) is 99.6 Å². The molecule has 2 heterocycles. The Bertz CT molecular complexity index is 1310. The molecule has 7 heteroatoms. The fourth-order valence-corrected chi connectivity index (χ4v) is 5.54. The van der Waals surface area contributed by atoms with Crippen molar-refractivity contribution in [2.24, 2.45) is 0 Å². The number of aliphatic hydroxyl groups excluding tert-OH is 1. The van der Waals surface area contributed by atoms with E-state index in [1.165, 1.54) is 11.1 Å². The first-order valence-corrected chi connectivity index (χ1v) is 12.1. The molecule has 1 saturated heterocycles. The number of ether oxygens (including phenoxy) is 1. The van der Waals surface area contributed by atoms with E-state index in [1.807, 2.05) is 32.0 Å². The van der Waals surface area contributed by atoms with E-state index in [0.717, 1.165) is 36.1 Å². The van der Waals surface area contributed by atoms with Gasteiger partial charge in [0.05, 0.1) is 18.3 Å². The normalized spacial score (nSPS) is 19.3. The van der Waals surface area contributed by atoms with Crippen molar-refractivity contribution in [2.45, 2.75) is 51.0 Å². The molecule has 0 bridgehead atoms. The molecular formula is C28H29N3O4. The van der Waals surface area contributed by atoms with Gasteiger partial charge in [0.15, 0.2) is 5.76 Å². The molecule has 1 fully saturated rings. The largest absolute Gasteiger partial charge is 0.490 e. The van der Waals surface area contributed by atoms with E-state index in [-0.39, 0.29) is 24.0 Å². The van der Waals surface area contributed by atoms with Crippen LogP contribution in [0.2, 0.25) is 0 Å². The third kappa shape index (κ3) is 4.19. The maximum atomic E-state index is 12.3. The fourth-order valence-electron chi connectivity index (χ4n) is 5.54. The number of piperidine rings is 1. The lowest BCUT2D eigenvalue weighted by molar-refractivity contribution is -0.136. The number of fused-ring (bicyclic) bond motifs is 2. The summed E-state index contributed by atoms with van der Waals surface area (Å²) < 4.78 is 11.4. The molecule has 2 aliphatic rings. The predicted octanol–water partition coefficient (Wildman–Crippen LogP) is 4.47. The van der Waals surface area contributed by atoms with Gasteiger partial charge in [-0.15, -0.1) is 0 Å². The molecule has 35 heavy (non-hydrogen) atoms. The van der Waals surface area contributed by atoms with Crippen molar-refractivity contribution < 1.29 is 19.2 Å². The number of β-amino-alcohol motifs (C(OH)–C–C–N with tert-alkyl or cyclic N) is 1. The van der Waals surface area contributed by atoms with Crippen molar-refractivity contribution in [3.63, 3.8) is 0 Å². The van der Waals surface area contributed by atoms with Crippen LogP contribution in [-0.4, -0.2) is 46.9 Å². The number of nitriles is 1. The molecule has 7 nitrogen and oxygen atoms in total. The third-order valence-corrected chi connectivity index (χ3v) is 7.17. The minimum atomic E-state index is -0.0745. The van der Waals surface area contributed by atoms with Crippen LogP contribution >= 0.6 is 0 Å². The number of nitrogens with zero attached hydrogens (tertiary/aromatic N) is 3. The molecule has 1 aliphatic carbocycles. The summed E-state index contributed by atoms with van der Waals surface area (Å²) in [6.45, 7) is 4.86. The van der Waals surface area contributed by atoms with Gasteiger partial charge < -0.3 is 19.3 Å². The summed E-state index contributed by atoms with van der Waals surface area (Å²) in [7, 11) is 0. The molecule has 3 aromatic rings. The number of carbonyl (C=O) groups excluding carboxylic acids is 1. The Kier molecular flexibility index (Phi) is 6.08. The molecule has 1 spiro atoms. The van der Waals surface area contributed by atoms with Crippen LogP contribution in [0.5, 0.6) is 5.75 Å².